The first-order valence-electron chi connectivity index (χ1n) is 3.82. The highest BCUT2D eigenvalue weighted by atomic mass is 16.2. The Morgan fingerprint density at radius 2 is 2.21 bits per heavy atom. The smallest absolute Gasteiger partial charge is 0.268 e. The second-order valence-electron chi connectivity index (χ2n) is 2.70. The summed E-state index contributed by atoms with van der Waals surface area (Å²) in [5, 5.41) is 12.9. The number of nitrogens with one attached hydrogen (secondary N) is 1. The Morgan fingerprint density at radius 1 is 1.43 bits per heavy atom. The number of hydrogen-bond acceptors (Lipinski definition) is 4. The number of amides is 3. The Bertz CT molecular complexity index is 408. The molecule has 14 heavy (non-hydrogen) atoms. The largest absolute Gasteiger partial charge is 0.356 e. The summed E-state index contributed by atoms with van der Waals surface area (Å²) in [6, 6.07) is -0.658. The van der Waals surface area contributed by atoms with E-state index in [1.807, 2.05) is 0 Å². The fourth-order valence-corrected chi connectivity index (χ4v) is 1.04. The van der Waals surface area contributed by atoms with Crippen molar-refractivity contribution in [2.45, 2.75) is 6.92 Å². The summed E-state index contributed by atoms with van der Waals surface area (Å²) in [5.74, 6) is -0.282. The number of hydrogen-bond donors (Lipinski definition) is 1. The SMILES string of the molecule is CC1=C[N]C(=O)N(c2c[nH]nn2)C1=O. The minimum absolute atomic E-state index is 0.149. The molecule has 7 heteroatoms. The van der Waals surface area contributed by atoms with Gasteiger partial charge in [-0.15, -0.1) is 5.10 Å². The van der Waals surface area contributed by atoms with Gasteiger partial charge in [0.2, 0.25) is 0 Å². The van der Waals surface area contributed by atoms with Crippen LogP contribution in [-0.4, -0.2) is 27.3 Å². The zero-order valence-corrected chi connectivity index (χ0v) is 7.26. The quantitative estimate of drug-likeness (QED) is 0.665. The zero-order valence-electron chi connectivity index (χ0n) is 7.26. The van der Waals surface area contributed by atoms with Crippen LogP contribution in [0.5, 0.6) is 0 Å². The maximum absolute atomic E-state index is 11.5. The summed E-state index contributed by atoms with van der Waals surface area (Å²) >= 11 is 0. The van der Waals surface area contributed by atoms with E-state index in [9.17, 15) is 9.59 Å². The number of H-pyrrole nitrogens is 1. The van der Waals surface area contributed by atoms with Gasteiger partial charge in [-0.2, -0.15) is 0 Å². The molecule has 7 nitrogen and oxygen atoms in total. The van der Waals surface area contributed by atoms with Gasteiger partial charge in [-0.1, -0.05) is 5.21 Å². The molecule has 1 aromatic rings. The van der Waals surface area contributed by atoms with Gasteiger partial charge in [0, 0.05) is 11.8 Å². The van der Waals surface area contributed by atoms with Gasteiger partial charge in [0.1, 0.15) is 0 Å². The van der Waals surface area contributed by atoms with Crippen molar-refractivity contribution in [2.24, 2.45) is 0 Å². The molecule has 0 fully saturated rings. The predicted octanol–water partition coefficient (Wildman–Crippen LogP) is -0.221. The van der Waals surface area contributed by atoms with Crippen molar-refractivity contribution in [1.29, 1.82) is 0 Å². The molecule has 0 aromatic carbocycles. The van der Waals surface area contributed by atoms with E-state index in [1.165, 1.54) is 12.4 Å². The van der Waals surface area contributed by atoms with Gasteiger partial charge < -0.3 is 0 Å². The van der Waals surface area contributed by atoms with Crippen LogP contribution >= 0.6 is 0 Å². The van der Waals surface area contributed by atoms with Crippen molar-refractivity contribution in [3.63, 3.8) is 0 Å². The lowest BCUT2D eigenvalue weighted by molar-refractivity contribution is -0.114. The lowest BCUT2D eigenvalue weighted by atomic mass is 10.2. The van der Waals surface area contributed by atoms with Crippen LogP contribution in [0.4, 0.5) is 10.6 Å². The van der Waals surface area contributed by atoms with Gasteiger partial charge in [0.25, 0.3) is 5.91 Å². The monoisotopic (exact) mass is 192 g/mol. The molecule has 1 aromatic heterocycles. The van der Waals surface area contributed by atoms with Crippen LogP contribution in [0.1, 0.15) is 6.92 Å². The number of carbonyl (C=O) groups is 2. The summed E-state index contributed by atoms with van der Waals surface area (Å²) in [5.41, 5.74) is 0.382. The first-order chi connectivity index (χ1) is 6.70. The van der Waals surface area contributed by atoms with Crippen LogP contribution in [0.15, 0.2) is 18.0 Å². The van der Waals surface area contributed by atoms with Crippen molar-refractivity contribution in [2.75, 3.05) is 4.90 Å². The van der Waals surface area contributed by atoms with E-state index in [0.29, 0.717) is 5.57 Å². The molecule has 3 amide bonds. The Hall–Kier alpha value is -2.18. The topological polar surface area (TPSA) is 93.1 Å². The molecule has 1 aliphatic heterocycles. The summed E-state index contributed by atoms with van der Waals surface area (Å²) in [6.45, 7) is 1.57. The standard InChI is InChI=1S/C7H6N5O2/c1-4-2-8-7(14)12(6(4)13)5-3-9-11-10-5/h2-3H,1H3,(H,9,10,11). The van der Waals surface area contributed by atoms with Crippen LogP contribution in [0.2, 0.25) is 0 Å². The fraction of sp³-hybridized carbons (Fsp3) is 0.143. The van der Waals surface area contributed by atoms with Gasteiger partial charge >= 0.3 is 6.03 Å². The molecule has 0 saturated heterocycles. The number of urea groups is 1. The number of nitrogens with zero attached hydrogens (tertiary/aromatic N) is 4. The molecule has 2 heterocycles. The van der Waals surface area contributed by atoms with E-state index >= 15 is 0 Å². The lowest BCUT2D eigenvalue weighted by Gasteiger charge is -2.19. The van der Waals surface area contributed by atoms with Crippen molar-refractivity contribution in [1.82, 2.24) is 20.7 Å². The highest BCUT2D eigenvalue weighted by molar-refractivity contribution is 6.21. The molecule has 1 radical (unpaired) electrons. The molecule has 1 aliphatic rings. The molecule has 0 spiro atoms. The molecule has 71 valence electrons. The zero-order chi connectivity index (χ0) is 10.1. The summed E-state index contributed by atoms with van der Waals surface area (Å²) in [7, 11) is 0. The molecule has 0 saturated carbocycles. The maximum atomic E-state index is 11.5. The summed E-state index contributed by atoms with van der Waals surface area (Å²) < 4.78 is 0. The van der Waals surface area contributed by atoms with Crippen LogP contribution in [0.3, 0.4) is 0 Å². The third-order valence-corrected chi connectivity index (χ3v) is 1.73. The lowest BCUT2D eigenvalue weighted by Crippen LogP contribution is -2.43. The van der Waals surface area contributed by atoms with E-state index in [1.54, 1.807) is 6.92 Å². The minimum Gasteiger partial charge on any atom is -0.268 e. The molecule has 0 unspecified atom stereocenters. The van der Waals surface area contributed by atoms with Crippen molar-refractivity contribution in [3.05, 3.63) is 18.0 Å². The number of aromatic nitrogens is 3. The second-order valence-corrected chi connectivity index (χ2v) is 2.70. The molecular weight excluding hydrogens is 186 g/mol. The van der Waals surface area contributed by atoms with E-state index in [0.717, 1.165) is 4.90 Å². The normalized spacial score (nSPS) is 16.6. The number of imide groups is 1. The first kappa shape index (κ1) is 8.42. The Balaban J connectivity index is 2.40. The molecule has 0 atom stereocenters. The number of rotatable bonds is 1. The minimum atomic E-state index is -0.658. The van der Waals surface area contributed by atoms with E-state index in [4.69, 9.17) is 0 Å². The van der Waals surface area contributed by atoms with Crippen molar-refractivity contribution < 1.29 is 9.59 Å². The van der Waals surface area contributed by atoms with Gasteiger partial charge in [-0.25, -0.2) is 15.0 Å². The number of anilines is 1. The molecule has 0 bridgehead atoms. The van der Waals surface area contributed by atoms with Crippen LogP contribution in [-0.2, 0) is 4.79 Å². The Kier molecular flexibility index (Phi) is 1.77. The van der Waals surface area contributed by atoms with Gasteiger partial charge in [0.05, 0.1) is 6.20 Å². The predicted molar refractivity (Wildman–Crippen MR) is 45.2 cm³/mol. The van der Waals surface area contributed by atoms with Gasteiger partial charge in [-0.3, -0.25) is 9.89 Å². The van der Waals surface area contributed by atoms with Crippen LogP contribution < -0.4 is 10.2 Å². The van der Waals surface area contributed by atoms with Crippen molar-refractivity contribution >= 4 is 17.8 Å². The highest BCUT2D eigenvalue weighted by Crippen LogP contribution is 2.15. The van der Waals surface area contributed by atoms with Crippen molar-refractivity contribution in [3.8, 4) is 0 Å². The summed E-state index contributed by atoms with van der Waals surface area (Å²) in [4.78, 5) is 23.7. The maximum Gasteiger partial charge on any atom is 0.356 e. The molecule has 1 N–H and O–H groups in total. The highest BCUT2D eigenvalue weighted by Gasteiger charge is 2.30. The van der Waals surface area contributed by atoms with E-state index < -0.39 is 11.9 Å². The molecular formula is C7H6N5O2. The molecule has 0 aliphatic carbocycles. The van der Waals surface area contributed by atoms with E-state index in [2.05, 4.69) is 20.7 Å². The Labute approximate surface area is 78.8 Å². The number of carbonyl (C=O) groups excluding carboxylic acids is 2. The van der Waals surface area contributed by atoms with E-state index in [-0.39, 0.29) is 5.82 Å². The first-order valence-corrected chi connectivity index (χ1v) is 3.82. The van der Waals surface area contributed by atoms with Gasteiger partial charge in [-0.05, 0) is 6.92 Å². The average molecular weight is 192 g/mol. The molecule has 2 rings (SSSR count). The summed E-state index contributed by atoms with van der Waals surface area (Å²) in [6.07, 6.45) is 2.59. The van der Waals surface area contributed by atoms with Gasteiger partial charge in [0.15, 0.2) is 5.82 Å². The second kappa shape index (κ2) is 2.95. The third-order valence-electron chi connectivity index (χ3n) is 1.73. The van der Waals surface area contributed by atoms with Crippen LogP contribution in [0.25, 0.3) is 0 Å². The van der Waals surface area contributed by atoms with Crippen LogP contribution in [0, 0.1) is 0 Å². The Morgan fingerprint density at radius 3 is 2.86 bits per heavy atom. The third kappa shape index (κ3) is 1.15. The average Bonchev–Trinajstić information content (AvgIpc) is 2.65. The number of aromatic amines is 1. The fourth-order valence-electron chi connectivity index (χ4n) is 1.04.